The van der Waals surface area contributed by atoms with Crippen LogP contribution in [0.1, 0.15) is 23.2 Å². The van der Waals surface area contributed by atoms with Crippen molar-refractivity contribution in [3.8, 4) is 5.88 Å². The number of alkyl halides is 2. The van der Waals surface area contributed by atoms with Crippen molar-refractivity contribution in [3.63, 3.8) is 0 Å². The summed E-state index contributed by atoms with van der Waals surface area (Å²) >= 11 is 0. The number of nitrogens with zero attached hydrogens (tertiary/aromatic N) is 1. The molecule has 0 amide bonds. The first-order valence-corrected chi connectivity index (χ1v) is 4.55. The van der Waals surface area contributed by atoms with Crippen molar-refractivity contribution >= 4 is 6.29 Å². The number of hydrogen-bond donors (Lipinski definition) is 0. The number of hydrogen-bond acceptors (Lipinski definition) is 3. The third kappa shape index (κ3) is 2.29. The molecule has 1 aromatic rings. The topological polar surface area (TPSA) is 39.2 Å². The Morgan fingerprint density at radius 1 is 1.47 bits per heavy atom. The maximum atomic E-state index is 12.5. The summed E-state index contributed by atoms with van der Waals surface area (Å²) in [5.41, 5.74) is 0.432. The van der Waals surface area contributed by atoms with Gasteiger partial charge in [-0.15, -0.1) is 0 Å². The molecule has 0 aromatic carbocycles. The lowest BCUT2D eigenvalue weighted by Crippen LogP contribution is -2.43. The smallest absolute Gasteiger partial charge is 0.255 e. The number of pyridine rings is 1. The molecule has 0 N–H and O–H groups in total. The zero-order valence-corrected chi connectivity index (χ0v) is 7.82. The molecule has 1 aliphatic rings. The predicted octanol–water partition coefficient (Wildman–Crippen LogP) is 2.07. The monoisotopic (exact) mass is 213 g/mol. The number of carbonyl (C=O) groups is 1. The standard InChI is InChI=1S/C10H9F2NO2/c11-10(12)3-8(4-10)15-9-2-1-7(6-14)5-13-9/h1-2,5-6,8H,3-4H2. The highest BCUT2D eigenvalue weighted by Crippen LogP contribution is 2.39. The lowest BCUT2D eigenvalue weighted by molar-refractivity contribution is -0.135. The van der Waals surface area contributed by atoms with Crippen LogP contribution in [0.15, 0.2) is 18.3 Å². The molecule has 0 atom stereocenters. The molecule has 2 rings (SSSR count). The third-order valence-corrected chi connectivity index (χ3v) is 2.24. The molecule has 0 saturated heterocycles. The quantitative estimate of drug-likeness (QED) is 0.721. The first kappa shape index (κ1) is 10.0. The van der Waals surface area contributed by atoms with Crippen LogP contribution in [0.2, 0.25) is 0 Å². The molecule has 0 aliphatic heterocycles. The van der Waals surface area contributed by atoms with E-state index in [0.717, 1.165) is 0 Å². The molecule has 0 spiro atoms. The zero-order chi connectivity index (χ0) is 10.9. The van der Waals surface area contributed by atoms with Crippen molar-refractivity contribution in [1.29, 1.82) is 0 Å². The molecule has 1 fully saturated rings. The van der Waals surface area contributed by atoms with Gasteiger partial charge in [0.15, 0.2) is 6.29 Å². The van der Waals surface area contributed by atoms with Crippen LogP contribution < -0.4 is 4.74 Å². The summed E-state index contributed by atoms with van der Waals surface area (Å²) in [5.74, 6) is -2.31. The van der Waals surface area contributed by atoms with Gasteiger partial charge in [-0.05, 0) is 6.07 Å². The third-order valence-electron chi connectivity index (χ3n) is 2.24. The zero-order valence-electron chi connectivity index (χ0n) is 7.82. The summed E-state index contributed by atoms with van der Waals surface area (Å²) in [7, 11) is 0. The van der Waals surface area contributed by atoms with E-state index in [0.29, 0.717) is 11.8 Å². The van der Waals surface area contributed by atoms with Gasteiger partial charge in [-0.25, -0.2) is 13.8 Å². The van der Waals surface area contributed by atoms with Crippen LogP contribution >= 0.6 is 0 Å². The molecule has 1 aromatic heterocycles. The number of aldehydes is 1. The van der Waals surface area contributed by atoms with Gasteiger partial charge in [0.25, 0.3) is 5.92 Å². The Bertz CT molecular complexity index is 356. The van der Waals surface area contributed by atoms with Crippen molar-refractivity contribution in [2.75, 3.05) is 0 Å². The Balaban J connectivity index is 1.92. The minimum atomic E-state index is -2.59. The van der Waals surface area contributed by atoms with Crippen molar-refractivity contribution in [2.45, 2.75) is 24.9 Å². The first-order valence-electron chi connectivity index (χ1n) is 4.55. The summed E-state index contributed by atoms with van der Waals surface area (Å²) in [6, 6.07) is 3.03. The Labute approximate surface area is 85.1 Å². The number of ether oxygens (including phenoxy) is 1. The van der Waals surface area contributed by atoms with E-state index in [1.54, 1.807) is 0 Å². The minimum absolute atomic E-state index is 0.260. The summed E-state index contributed by atoms with van der Waals surface area (Å²) < 4.78 is 30.1. The second-order valence-electron chi connectivity index (χ2n) is 3.55. The summed E-state index contributed by atoms with van der Waals surface area (Å²) in [5, 5.41) is 0. The van der Waals surface area contributed by atoms with Crippen LogP contribution in [0.25, 0.3) is 0 Å². The van der Waals surface area contributed by atoms with E-state index in [2.05, 4.69) is 4.98 Å². The summed E-state index contributed by atoms with van der Waals surface area (Å²) in [6.07, 6.45) is 1.02. The van der Waals surface area contributed by atoms with Crippen LogP contribution in [-0.4, -0.2) is 23.3 Å². The van der Waals surface area contributed by atoms with Crippen LogP contribution in [0.4, 0.5) is 8.78 Å². The van der Waals surface area contributed by atoms with Crippen molar-refractivity contribution in [1.82, 2.24) is 4.98 Å². The fraction of sp³-hybridized carbons (Fsp3) is 0.400. The molecule has 15 heavy (non-hydrogen) atoms. The molecule has 80 valence electrons. The normalized spacial score (nSPS) is 19.3. The van der Waals surface area contributed by atoms with Gasteiger partial charge in [-0.2, -0.15) is 0 Å². The van der Waals surface area contributed by atoms with Crippen LogP contribution in [0.5, 0.6) is 5.88 Å². The highest BCUT2D eigenvalue weighted by molar-refractivity contribution is 5.73. The Morgan fingerprint density at radius 3 is 2.67 bits per heavy atom. The van der Waals surface area contributed by atoms with E-state index in [1.807, 2.05) is 0 Å². The summed E-state index contributed by atoms with van der Waals surface area (Å²) in [6.45, 7) is 0. The van der Waals surface area contributed by atoms with E-state index >= 15 is 0 Å². The second kappa shape index (κ2) is 3.56. The van der Waals surface area contributed by atoms with Gasteiger partial charge in [0, 0.05) is 30.7 Å². The molecule has 1 saturated carbocycles. The van der Waals surface area contributed by atoms with Gasteiger partial charge in [0.2, 0.25) is 5.88 Å². The van der Waals surface area contributed by atoms with E-state index in [9.17, 15) is 13.6 Å². The maximum Gasteiger partial charge on any atom is 0.255 e. The molecule has 0 bridgehead atoms. The average Bonchev–Trinajstić information content (AvgIpc) is 2.16. The largest absolute Gasteiger partial charge is 0.474 e. The lowest BCUT2D eigenvalue weighted by Gasteiger charge is -2.34. The molecule has 0 radical (unpaired) electrons. The van der Waals surface area contributed by atoms with Gasteiger partial charge in [0.05, 0.1) is 0 Å². The number of rotatable bonds is 3. The fourth-order valence-corrected chi connectivity index (χ4v) is 1.39. The summed E-state index contributed by atoms with van der Waals surface area (Å²) in [4.78, 5) is 14.1. The van der Waals surface area contributed by atoms with Gasteiger partial charge in [-0.3, -0.25) is 4.79 Å². The second-order valence-corrected chi connectivity index (χ2v) is 3.55. The lowest BCUT2D eigenvalue weighted by atomic mass is 9.91. The number of halogens is 2. The maximum absolute atomic E-state index is 12.5. The van der Waals surface area contributed by atoms with Crippen molar-refractivity contribution in [3.05, 3.63) is 23.9 Å². The van der Waals surface area contributed by atoms with Crippen molar-refractivity contribution < 1.29 is 18.3 Å². The molecular formula is C10H9F2NO2. The number of aromatic nitrogens is 1. The van der Waals surface area contributed by atoms with Crippen LogP contribution in [-0.2, 0) is 0 Å². The molecule has 1 heterocycles. The Morgan fingerprint density at radius 2 is 2.20 bits per heavy atom. The highest BCUT2D eigenvalue weighted by atomic mass is 19.3. The van der Waals surface area contributed by atoms with E-state index in [4.69, 9.17) is 4.74 Å². The molecule has 1 aliphatic carbocycles. The first-order chi connectivity index (χ1) is 7.09. The minimum Gasteiger partial charge on any atom is -0.474 e. The van der Waals surface area contributed by atoms with Gasteiger partial charge >= 0.3 is 0 Å². The van der Waals surface area contributed by atoms with E-state index in [-0.39, 0.29) is 18.7 Å². The SMILES string of the molecule is O=Cc1ccc(OC2CC(F)(F)C2)nc1. The fourth-order valence-electron chi connectivity index (χ4n) is 1.39. The molecule has 0 unspecified atom stereocenters. The predicted molar refractivity (Wildman–Crippen MR) is 48.2 cm³/mol. The van der Waals surface area contributed by atoms with Gasteiger partial charge < -0.3 is 4.74 Å². The van der Waals surface area contributed by atoms with Gasteiger partial charge in [-0.1, -0.05) is 0 Å². The van der Waals surface area contributed by atoms with E-state index < -0.39 is 12.0 Å². The number of carbonyl (C=O) groups excluding carboxylic acids is 1. The van der Waals surface area contributed by atoms with Crippen LogP contribution in [0.3, 0.4) is 0 Å². The molecule has 5 heteroatoms. The van der Waals surface area contributed by atoms with Crippen molar-refractivity contribution in [2.24, 2.45) is 0 Å². The Hall–Kier alpha value is -1.52. The van der Waals surface area contributed by atoms with Crippen LogP contribution in [0, 0.1) is 0 Å². The molecule has 3 nitrogen and oxygen atoms in total. The average molecular weight is 213 g/mol. The Kier molecular flexibility index (Phi) is 2.38. The molecular weight excluding hydrogens is 204 g/mol. The highest BCUT2D eigenvalue weighted by Gasteiger charge is 2.47. The van der Waals surface area contributed by atoms with Gasteiger partial charge in [0.1, 0.15) is 6.10 Å². The van der Waals surface area contributed by atoms with E-state index in [1.165, 1.54) is 18.3 Å².